The number of nitrogens with one attached hydrogen (secondary N) is 2. The molecule has 2 aromatic carbocycles. The normalized spacial score (nSPS) is 10.7. The Morgan fingerprint density at radius 2 is 1.76 bits per heavy atom. The minimum atomic E-state index is -3.93. The Kier molecular flexibility index (Phi) is 6.11. The number of nitriles is 1. The van der Waals surface area contributed by atoms with Crippen LogP contribution in [-0.2, 0) is 10.1 Å². The van der Waals surface area contributed by atoms with Gasteiger partial charge in [-0.15, -0.1) is 0 Å². The van der Waals surface area contributed by atoms with Crippen LogP contribution >= 0.6 is 0 Å². The zero-order valence-corrected chi connectivity index (χ0v) is 14.3. The predicted molar refractivity (Wildman–Crippen MR) is 91.1 cm³/mol. The second-order valence-electron chi connectivity index (χ2n) is 5.16. The lowest BCUT2D eigenvalue weighted by atomic mass is 10.2. The zero-order valence-electron chi connectivity index (χ0n) is 13.5. The second-order valence-corrected chi connectivity index (χ2v) is 6.71. The van der Waals surface area contributed by atoms with Gasteiger partial charge in [-0.25, -0.2) is 5.43 Å². The molecule has 0 saturated heterocycles. The molecule has 0 saturated carbocycles. The molecular formula is C17H17N3O4S. The topological polar surface area (TPSA) is 108 Å². The summed E-state index contributed by atoms with van der Waals surface area (Å²) in [5, 5.41) is 8.40. The summed E-state index contributed by atoms with van der Waals surface area (Å²) in [6.45, 7) is 2.19. The van der Waals surface area contributed by atoms with Gasteiger partial charge < -0.3 is 4.18 Å². The van der Waals surface area contributed by atoms with Crippen molar-refractivity contribution >= 4 is 16.0 Å². The second kappa shape index (κ2) is 8.28. The van der Waals surface area contributed by atoms with Gasteiger partial charge in [0.25, 0.3) is 5.91 Å². The number of rotatable bonds is 7. The summed E-state index contributed by atoms with van der Waals surface area (Å²) in [6, 6.07) is 13.9. The monoisotopic (exact) mass is 359 g/mol. The Balaban J connectivity index is 2.01. The smallest absolute Gasteiger partial charge is 0.339 e. The molecule has 0 spiro atoms. The van der Waals surface area contributed by atoms with Crippen molar-refractivity contribution in [3.8, 4) is 11.8 Å². The lowest BCUT2D eigenvalue weighted by Gasteiger charge is -2.09. The van der Waals surface area contributed by atoms with Gasteiger partial charge in [-0.05, 0) is 43.3 Å². The van der Waals surface area contributed by atoms with Gasteiger partial charge in [-0.3, -0.25) is 10.2 Å². The number of hydrogen-bond acceptors (Lipinski definition) is 6. The first kappa shape index (κ1) is 18.4. The highest BCUT2D eigenvalue weighted by molar-refractivity contribution is 7.87. The van der Waals surface area contributed by atoms with E-state index in [-0.39, 0.29) is 17.1 Å². The van der Waals surface area contributed by atoms with E-state index >= 15 is 0 Å². The molecule has 0 atom stereocenters. The standard InChI is InChI=1S/C17H17N3O4S/c1-13-3-9-16(10-4-13)25(22,23)24-15-7-5-14(6-8-15)17(21)20-19-12-2-11-18/h3-10,19H,2,12H2,1H3,(H,20,21). The van der Waals surface area contributed by atoms with Gasteiger partial charge >= 0.3 is 10.1 Å². The maximum absolute atomic E-state index is 12.2. The summed E-state index contributed by atoms with van der Waals surface area (Å²) in [4.78, 5) is 11.9. The van der Waals surface area contributed by atoms with Crippen molar-refractivity contribution in [3.05, 3.63) is 59.7 Å². The average Bonchev–Trinajstić information content (AvgIpc) is 2.59. The summed E-state index contributed by atoms with van der Waals surface area (Å²) in [6.07, 6.45) is 0.268. The Morgan fingerprint density at radius 3 is 2.36 bits per heavy atom. The molecule has 2 aromatic rings. The molecule has 0 aromatic heterocycles. The number of carbonyl (C=O) groups is 1. The zero-order chi connectivity index (χ0) is 18.3. The van der Waals surface area contributed by atoms with Gasteiger partial charge in [-0.1, -0.05) is 17.7 Å². The van der Waals surface area contributed by atoms with E-state index in [1.165, 1.54) is 36.4 Å². The molecule has 0 unspecified atom stereocenters. The maximum Gasteiger partial charge on any atom is 0.339 e. The van der Waals surface area contributed by atoms with E-state index in [9.17, 15) is 13.2 Å². The third-order valence-corrected chi connectivity index (χ3v) is 4.46. The number of aryl methyl sites for hydroxylation is 1. The van der Waals surface area contributed by atoms with E-state index in [4.69, 9.17) is 9.44 Å². The van der Waals surface area contributed by atoms with Gasteiger partial charge in [0, 0.05) is 18.5 Å². The van der Waals surface area contributed by atoms with E-state index < -0.39 is 16.0 Å². The predicted octanol–water partition coefficient (Wildman–Crippen LogP) is 1.91. The summed E-state index contributed by atoms with van der Waals surface area (Å²) >= 11 is 0. The quantitative estimate of drug-likeness (QED) is 0.444. The average molecular weight is 359 g/mol. The molecule has 2 N–H and O–H groups in total. The fraction of sp³-hybridized carbons (Fsp3) is 0.176. The Hall–Kier alpha value is -2.89. The summed E-state index contributed by atoms with van der Waals surface area (Å²) in [5.74, 6) is -0.291. The molecule has 0 aliphatic heterocycles. The van der Waals surface area contributed by atoms with Crippen LogP contribution in [0.2, 0.25) is 0 Å². The minimum absolute atomic E-state index is 0.0570. The van der Waals surface area contributed by atoms with Crippen LogP contribution in [0.1, 0.15) is 22.3 Å². The molecule has 7 nitrogen and oxygen atoms in total. The van der Waals surface area contributed by atoms with Gasteiger partial charge in [-0.2, -0.15) is 13.7 Å². The summed E-state index contributed by atoms with van der Waals surface area (Å²) in [7, 11) is -3.93. The highest BCUT2D eigenvalue weighted by Gasteiger charge is 2.16. The molecule has 8 heteroatoms. The fourth-order valence-electron chi connectivity index (χ4n) is 1.87. The first-order chi connectivity index (χ1) is 11.9. The number of hydrazine groups is 1. The molecule has 0 bridgehead atoms. The van der Waals surface area contributed by atoms with Crippen LogP contribution in [0.25, 0.3) is 0 Å². The molecule has 1 amide bonds. The Bertz CT molecular complexity index is 870. The Labute approximate surface area is 146 Å². The van der Waals surface area contributed by atoms with Gasteiger partial charge in [0.2, 0.25) is 0 Å². The lowest BCUT2D eigenvalue weighted by molar-refractivity contribution is 0.0933. The number of amides is 1. The van der Waals surface area contributed by atoms with Gasteiger partial charge in [0.15, 0.2) is 0 Å². The van der Waals surface area contributed by atoms with E-state index in [2.05, 4.69) is 10.9 Å². The third kappa shape index (κ3) is 5.31. The van der Waals surface area contributed by atoms with Crippen LogP contribution in [0.15, 0.2) is 53.4 Å². The van der Waals surface area contributed by atoms with Crippen LogP contribution < -0.4 is 15.0 Å². The van der Waals surface area contributed by atoms with Crippen LogP contribution in [0.4, 0.5) is 0 Å². The molecule has 0 aliphatic carbocycles. The SMILES string of the molecule is Cc1ccc(S(=O)(=O)Oc2ccc(C(=O)NNCCC#N)cc2)cc1. The van der Waals surface area contributed by atoms with Crippen LogP contribution in [-0.4, -0.2) is 20.9 Å². The summed E-state index contributed by atoms with van der Waals surface area (Å²) in [5.41, 5.74) is 6.31. The Morgan fingerprint density at radius 1 is 1.12 bits per heavy atom. The molecular weight excluding hydrogens is 342 g/mol. The van der Waals surface area contributed by atoms with E-state index in [0.717, 1.165) is 5.56 Å². The maximum atomic E-state index is 12.2. The highest BCUT2D eigenvalue weighted by atomic mass is 32.2. The van der Waals surface area contributed by atoms with Crippen LogP contribution in [0, 0.1) is 18.3 Å². The van der Waals surface area contributed by atoms with Crippen molar-refractivity contribution in [2.75, 3.05) is 6.54 Å². The van der Waals surface area contributed by atoms with E-state index in [1.807, 2.05) is 13.0 Å². The molecule has 0 heterocycles. The molecule has 25 heavy (non-hydrogen) atoms. The molecule has 2 rings (SSSR count). The van der Waals surface area contributed by atoms with Crippen LogP contribution in [0.3, 0.4) is 0 Å². The largest absolute Gasteiger partial charge is 0.379 e. The molecule has 0 aliphatic rings. The fourth-order valence-corrected chi connectivity index (χ4v) is 2.81. The summed E-state index contributed by atoms with van der Waals surface area (Å²) < 4.78 is 29.5. The number of benzene rings is 2. The lowest BCUT2D eigenvalue weighted by Crippen LogP contribution is -2.37. The van der Waals surface area contributed by atoms with Crippen molar-refractivity contribution < 1.29 is 17.4 Å². The van der Waals surface area contributed by atoms with Crippen molar-refractivity contribution in [1.29, 1.82) is 5.26 Å². The number of carbonyl (C=O) groups excluding carboxylic acids is 1. The van der Waals surface area contributed by atoms with Crippen molar-refractivity contribution in [3.63, 3.8) is 0 Å². The number of nitrogens with zero attached hydrogens (tertiary/aromatic N) is 1. The van der Waals surface area contributed by atoms with E-state index in [1.54, 1.807) is 12.1 Å². The van der Waals surface area contributed by atoms with Gasteiger partial charge in [0.05, 0.1) is 6.07 Å². The number of hydrogen-bond donors (Lipinski definition) is 2. The van der Waals surface area contributed by atoms with E-state index in [0.29, 0.717) is 12.1 Å². The highest BCUT2D eigenvalue weighted by Crippen LogP contribution is 2.19. The van der Waals surface area contributed by atoms with Gasteiger partial charge in [0.1, 0.15) is 10.6 Å². The van der Waals surface area contributed by atoms with Crippen molar-refractivity contribution in [2.24, 2.45) is 0 Å². The molecule has 130 valence electrons. The van der Waals surface area contributed by atoms with Crippen LogP contribution in [0.5, 0.6) is 5.75 Å². The molecule has 0 radical (unpaired) electrons. The first-order valence-electron chi connectivity index (χ1n) is 7.44. The van der Waals surface area contributed by atoms with Crippen molar-refractivity contribution in [2.45, 2.75) is 18.2 Å². The first-order valence-corrected chi connectivity index (χ1v) is 8.84. The van der Waals surface area contributed by atoms with Crippen molar-refractivity contribution in [1.82, 2.24) is 10.9 Å². The minimum Gasteiger partial charge on any atom is -0.379 e. The third-order valence-electron chi connectivity index (χ3n) is 3.20. The molecule has 0 fully saturated rings.